The van der Waals surface area contributed by atoms with Gasteiger partial charge in [-0.05, 0) is 53.8 Å². The van der Waals surface area contributed by atoms with Crippen molar-refractivity contribution in [2.24, 2.45) is 5.92 Å². The fourth-order valence-electron chi connectivity index (χ4n) is 2.68. The van der Waals surface area contributed by atoms with E-state index in [0.29, 0.717) is 12.3 Å². The van der Waals surface area contributed by atoms with Gasteiger partial charge in [0.2, 0.25) is 5.91 Å². The van der Waals surface area contributed by atoms with Crippen molar-refractivity contribution in [3.05, 3.63) is 54.1 Å². The van der Waals surface area contributed by atoms with Crippen molar-refractivity contribution in [2.45, 2.75) is 26.2 Å². The molecular formula is C20H25NO3. The Kier molecular flexibility index (Phi) is 6.24. The molecule has 0 aliphatic rings. The number of carbonyl (C=O) groups is 1. The average Bonchev–Trinajstić information content (AvgIpc) is 2.60. The Balaban J connectivity index is 2.04. The van der Waals surface area contributed by atoms with Crippen LogP contribution in [0.1, 0.15) is 31.7 Å². The topological polar surface area (TPSA) is 47.6 Å². The third kappa shape index (κ3) is 4.75. The highest BCUT2D eigenvalue weighted by Gasteiger charge is 2.20. The average molecular weight is 327 g/mol. The van der Waals surface area contributed by atoms with Crippen LogP contribution in [0.4, 0.5) is 5.69 Å². The Morgan fingerprint density at radius 3 is 1.88 bits per heavy atom. The minimum Gasteiger partial charge on any atom is -0.497 e. The van der Waals surface area contributed by atoms with E-state index in [1.54, 1.807) is 14.2 Å². The minimum absolute atomic E-state index is 0.00897. The molecule has 0 saturated carbocycles. The van der Waals surface area contributed by atoms with E-state index in [2.05, 4.69) is 19.2 Å². The molecule has 0 spiro atoms. The summed E-state index contributed by atoms with van der Waals surface area (Å²) in [5.41, 5.74) is 1.92. The third-order valence-electron chi connectivity index (χ3n) is 4.13. The molecule has 0 fully saturated rings. The predicted molar refractivity (Wildman–Crippen MR) is 96.8 cm³/mol. The molecule has 2 aromatic rings. The molecule has 1 amide bonds. The fraction of sp³-hybridized carbons (Fsp3) is 0.350. The van der Waals surface area contributed by atoms with Crippen molar-refractivity contribution >= 4 is 11.6 Å². The molecule has 0 aliphatic carbocycles. The normalized spacial score (nSPS) is 11.9. The van der Waals surface area contributed by atoms with Crippen molar-refractivity contribution in [1.29, 1.82) is 0 Å². The number of nitrogens with one attached hydrogen (secondary N) is 1. The molecule has 0 aromatic heterocycles. The van der Waals surface area contributed by atoms with Crippen molar-refractivity contribution in [2.75, 3.05) is 19.5 Å². The summed E-state index contributed by atoms with van der Waals surface area (Å²) in [5.74, 6) is 2.12. The second-order valence-electron chi connectivity index (χ2n) is 6.10. The molecule has 0 heterocycles. The first kappa shape index (κ1) is 17.9. The molecule has 4 heteroatoms. The maximum atomic E-state index is 12.4. The highest BCUT2D eigenvalue weighted by atomic mass is 16.5. The van der Waals surface area contributed by atoms with Gasteiger partial charge in [0.15, 0.2) is 0 Å². The molecule has 4 nitrogen and oxygen atoms in total. The quantitative estimate of drug-likeness (QED) is 0.816. The first-order chi connectivity index (χ1) is 11.5. The number of carbonyl (C=O) groups excluding carboxylic acids is 1. The highest BCUT2D eigenvalue weighted by molar-refractivity contribution is 5.91. The van der Waals surface area contributed by atoms with E-state index >= 15 is 0 Å². The molecule has 2 rings (SSSR count). The molecule has 1 N–H and O–H groups in total. The molecule has 0 aliphatic heterocycles. The Bertz CT molecular complexity index is 648. The van der Waals surface area contributed by atoms with Crippen LogP contribution in [0.5, 0.6) is 11.5 Å². The van der Waals surface area contributed by atoms with E-state index in [9.17, 15) is 4.79 Å². The summed E-state index contributed by atoms with van der Waals surface area (Å²) in [4.78, 5) is 12.4. The van der Waals surface area contributed by atoms with E-state index in [1.165, 1.54) is 0 Å². The molecule has 1 atom stereocenters. The van der Waals surface area contributed by atoms with E-state index in [0.717, 1.165) is 22.7 Å². The van der Waals surface area contributed by atoms with Gasteiger partial charge in [-0.2, -0.15) is 0 Å². The van der Waals surface area contributed by atoms with Crippen LogP contribution in [-0.4, -0.2) is 20.1 Å². The van der Waals surface area contributed by atoms with Gasteiger partial charge in [0.1, 0.15) is 11.5 Å². The number of methoxy groups -OCH3 is 2. The Labute approximate surface area is 143 Å². The van der Waals surface area contributed by atoms with Crippen LogP contribution in [-0.2, 0) is 4.79 Å². The van der Waals surface area contributed by atoms with Crippen LogP contribution in [0.3, 0.4) is 0 Å². The Morgan fingerprint density at radius 2 is 1.42 bits per heavy atom. The SMILES string of the molecule is COc1ccc(NC(=O)C[C@H](c2ccc(OC)cc2)C(C)C)cc1. The molecule has 0 saturated heterocycles. The Hall–Kier alpha value is -2.49. The summed E-state index contributed by atoms with van der Waals surface area (Å²) in [6.45, 7) is 4.27. The zero-order chi connectivity index (χ0) is 17.5. The van der Waals surface area contributed by atoms with Crippen molar-refractivity contribution in [3.63, 3.8) is 0 Å². The number of hydrogen-bond donors (Lipinski definition) is 1. The lowest BCUT2D eigenvalue weighted by molar-refractivity contribution is -0.116. The Morgan fingerprint density at radius 1 is 0.917 bits per heavy atom. The van der Waals surface area contributed by atoms with Gasteiger partial charge in [-0.1, -0.05) is 26.0 Å². The monoisotopic (exact) mass is 327 g/mol. The van der Waals surface area contributed by atoms with Gasteiger partial charge in [0.25, 0.3) is 0 Å². The molecule has 0 bridgehead atoms. The standard InChI is InChI=1S/C20H25NO3/c1-14(2)19(15-5-9-17(23-3)10-6-15)13-20(22)21-16-7-11-18(24-4)12-8-16/h5-12,14,19H,13H2,1-4H3,(H,21,22)/t19-/m0/s1. The summed E-state index contributed by atoms with van der Waals surface area (Å²) in [6.07, 6.45) is 0.441. The second kappa shape index (κ2) is 8.39. The lowest BCUT2D eigenvalue weighted by Gasteiger charge is -2.21. The van der Waals surface area contributed by atoms with E-state index < -0.39 is 0 Å². The number of amides is 1. The van der Waals surface area contributed by atoms with Gasteiger partial charge in [-0.15, -0.1) is 0 Å². The first-order valence-electron chi connectivity index (χ1n) is 8.11. The van der Waals surface area contributed by atoms with Crippen LogP contribution in [0.25, 0.3) is 0 Å². The fourth-order valence-corrected chi connectivity index (χ4v) is 2.68. The summed E-state index contributed by atoms with van der Waals surface area (Å²) in [7, 11) is 3.27. The molecule has 0 radical (unpaired) electrons. The van der Waals surface area contributed by atoms with Gasteiger partial charge in [0, 0.05) is 12.1 Å². The van der Waals surface area contributed by atoms with Gasteiger partial charge >= 0.3 is 0 Å². The van der Waals surface area contributed by atoms with Gasteiger partial charge in [-0.3, -0.25) is 4.79 Å². The van der Waals surface area contributed by atoms with E-state index in [1.807, 2.05) is 48.5 Å². The molecule has 2 aromatic carbocycles. The van der Waals surface area contributed by atoms with Gasteiger partial charge in [0.05, 0.1) is 14.2 Å². The lowest BCUT2D eigenvalue weighted by Crippen LogP contribution is -2.18. The number of ether oxygens (including phenoxy) is 2. The van der Waals surface area contributed by atoms with Crippen LogP contribution in [0.2, 0.25) is 0 Å². The summed E-state index contributed by atoms with van der Waals surface area (Å²) >= 11 is 0. The second-order valence-corrected chi connectivity index (χ2v) is 6.10. The predicted octanol–water partition coefficient (Wildman–Crippen LogP) is 4.47. The third-order valence-corrected chi connectivity index (χ3v) is 4.13. The number of hydrogen-bond acceptors (Lipinski definition) is 3. The summed E-state index contributed by atoms with van der Waals surface area (Å²) < 4.78 is 10.3. The van der Waals surface area contributed by atoms with E-state index in [4.69, 9.17) is 9.47 Å². The number of anilines is 1. The van der Waals surface area contributed by atoms with E-state index in [-0.39, 0.29) is 11.8 Å². The zero-order valence-corrected chi connectivity index (χ0v) is 14.7. The van der Waals surface area contributed by atoms with Crippen LogP contribution >= 0.6 is 0 Å². The maximum absolute atomic E-state index is 12.4. The van der Waals surface area contributed by atoms with Crippen molar-refractivity contribution in [1.82, 2.24) is 0 Å². The zero-order valence-electron chi connectivity index (χ0n) is 14.7. The summed E-state index contributed by atoms with van der Waals surface area (Å²) in [6, 6.07) is 15.3. The molecule has 128 valence electrons. The lowest BCUT2D eigenvalue weighted by atomic mass is 9.85. The summed E-state index contributed by atoms with van der Waals surface area (Å²) in [5, 5.41) is 2.95. The molecule has 24 heavy (non-hydrogen) atoms. The van der Waals surface area contributed by atoms with Crippen molar-refractivity contribution in [3.8, 4) is 11.5 Å². The minimum atomic E-state index is 0.00897. The van der Waals surface area contributed by atoms with Crippen LogP contribution in [0.15, 0.2) is 48.5 Å². The van der Waals surface area contributed by atoms with Gasteiger partial charge < -0.3 is 14.8 Å². The molecule has 0 unspecified atom stereocenters. The molecular weight excluding hydrogens is 302 g/mol. The number of rotatable bonds is 7. The maximum Gasteiger partial charge on any atom is 0.224 e. The number of benzene rings is 2. The smallest absolute Gasteiger partial charge is 0.224 e. The first-order valence-corrected chi connectivity index (χ1v) is 8.11. The van der Waals surface area contributed by atoms with Crippen LogP contribution < -0.4 is 14.8 Å². The highest BCUT2D eigenvalue weighted by Crippen LogP contribution is 2.29. The van der Waals surface area contributed by atoms with Gasteiger partial charge in [-0.25, -0.2) is 0 Å². The van der Waals surface area contributed by atoms with Crippen LogP contribution in [0, 0.1) is 5.92 Å². The largest absolute Gasteiger partial charge is 0.497 e. The van der Waals surface area contributed by atoms with Crippen molar-refractivity contribution < 1.29 is 14.3 Å².